The Balaban J connectivity index is 1.48. The summed E-state index contributed by atoms with van der Waals surface area (Å²) < 4.78 is 1.87. The van der Waals surface area contributed by atoms with E-state index < -0.39 is 0 Å². The number of benzene rings is 1. The fourth-order valence-corrected chi connectivity index (χ4v) is 4.17. The first-order chi connectivity index (χ1) is 12.2. The Bertz CT molecular complexity index is 729. The van der Waals surface area contributed by atoms with Gasteiger partial charge < -0.3 is 4.90 Å². The van der Waals surface area contributed by atoms with Gasteiger partial charge in [0.15, 0.2) is 0 Å². The first-order valence-corrected chi connectivity index (χ1v) is 9.19. The van der Waals surface area contributed by atoms with E-state index in [1.54, 1.807) is 12.7 Å². The van der Waals surface area contributed by atoms with Crippen LogP contribution in [0.15, 0.2) is 36.9 Å². The third-order valence-electron chi connectivity index (χ3n) is 5.49. The fraction of sp³-hybridized carbons (Fsp3) is 0.526. The minimum absolute atomic E-state index is 0.213. The second-order valence-corrected chi connectivity index (χ2v) is 7.16. The van der Waals surface area contributed by atoms with E-state index in [0.717, 1.165) is 44.5 Å². The van der Waals surface area contributed by atoms with E-state index in [4.69, 9.17) is 0 Å². The van der Waals surface area contributed by atoms with Gasteiger partial charge in [0.1, 0.15) is 12.7 Å². The van der Waals surface area contributed by atoms with Crippen LogP contribution in [0.5, 0.6) is 0 Å². The third-order valence-corrected chi connectivity index (χ3v) is 5.49. The number of fused-ring (bicyclic) bond motifs is 1. The lowest BCUT2D eigenvalue weighted by atomic mass is 9.96. The number of nitrogens with zero attached hydrogens (tertiary/aromatic N) is 5. The van der Waals surface area contributed by atoms with Gasteiger partial charge in [-0.15, -0.1) is 0 Å². The van der Waals surface area contributed by atoms with Gasteiger partial charge in [-0.25, -0.2) is 4.98 Å². The molecule has 0 unspecified atom stereocenters. The number of amides is 1. The zero-order chi connectivity index (χ0) is 17.2. The smallest absolute Gasteiger partial charge is 0.241 e. The molecule has 0 bridgehead atoms. The minimum Gasteiger partial charge on any atom is -0.308 e. The van der Waals surface area contributed by atoms with Crippen LogP contribution in [0.3, 0.4) is 0 Å². The maximum absolute atomic E-state index is 13.1. The summed E-state index contributed by atoms with van der Waals surface area (Å²) in [7, 11) is 0. The standard InChI is InChI=1S/C19H25N5O/c1-15-8-9-16-5-2-3-7-18(16)24(15)19(25)12-22-10-4-6-17(22)11-23-14-20-13-21-23/h2-3,5,7,13-15,17H,4,6,8-12H2,1H3/t15-,17-/m0/s1. The number of aryl methyl sites for hydroxylation is 1. The predicted molar refractivity (Wildman–Crippen MR) is 96.3 cm³/mol. The molecule has 0 N–H and O–H groups in total. The molecule has 0 radical (unpaired) electrons. The number of carbonyl (C=O) groups is 1. The molecule has 1 fully saturated rings. The van der Waals surface area contributed by atoms with Crippen molar-refractivity contribution in [2.45, 2.75) is 51.2 Å². The van der Waals surface area contributed by atoms with Crippen LogP contribution in [0.2, 0.25) is 0 Å². The summed E-state index contributed by atoms with van der Waals surface area (Å²) in [6, 6.07) is 8.94. The molecule has 25 heavy (non-hydrogen) atoms. The summed E-state index contributed by atoms with van der Waals surface area (Å²) in [5.41, 5.74) is 2.38. The molecule has 1 saturated heterocycles. The number of rotatable bonds is 4. The van der Waals surface area contributed by atoms with Gasteiger partial charge in [-0.2, -0.15) is 5.10 Å². The monoisotopic (exact) mass is 339 g/mol. The average molecular weight is 339 g/mol. The molecule has 0 aliphatic carbocycles. The number of anilines is 1. The summed E-state index contributed by atoms with van der Waals surface area (Å²) >= 11 is 0. The molecule has 6 heteroatoms. The molecular formula is C19H25N5O. The van der Waals surface area contributed by atoms with Crippen LogP contribution in [0, 0.1) is 0 Å². The molecule has 0 spiro atoms. The predicted octanol–water partition coefficient (Wildman–Crippen LogP) is 2.11. The highest BCUT2D eigenvalue weighted by atomic mass is 16.2. The van der Waals surface area contributed by atoms with Gasteiger partial charge in [-0.1, -0.05) is 18.2 Å². The van der Waals surface area contributed by atoms with Crippen molar-refractivity contribution in [1.82, 2.24) is 19.7 Å². The number of para-hydroxylation sites is 1. The Morgan fingerprint density at radius 2 is 2.16 bits per heavy atom. The van der Waals surface area contributed by atoms with Gasteiger partial charge >= 0.3 is 0 Å². The van der Waals surface area contributed by atoms with Crippen molar-refractivity contribution in [3.05, 3.63) is 42.5 Å². The molecule has 1 aromatic heterocycles. The Labute approximate surface area is 148 Å². The number of aromatic nitrogens is 3. The number of hydrogen-bond donors (Lipinski definition) is 0. The molecule has 1 amide bonds. The third kappa shape index (κ3) is 3.31. The molecule has 3 heterocycles. The average Bonchev–Trinajstić information content (AvgIpc) is 3.27. The number of hydrogen-bond acceptors (Lipinski definition) is 4. The quantitative estimate of drug-likeness (QED) is 0.856. The Morgan fingerprint density at radius 3 is 3.00 bits per heavy atom. The molecule has 4 rings (SSSR count). The zero-order valence-corrected chi connectivity index (χ0v) is 14.7. The summed E-state index contributed by atoms with van der Waals surface area (Å²) in [5.74, 6) is 0.213. The summed E-state index contributed by atoms with van der Waals surface area (Å²) in [6.45, 7) is 4.43. The molecule has 132 valence electrons. The largest absolute Gasteiger partial charge is 0.308 e. The summed E-state index contributed by atoms with van der Waals surface area (Å²) in [5, 5.41) is 4.21. The highest BCUT2D eigenvalue weighted by Crippen LogP contribution is 2.31. The van der Waals surface area contributed by atoms with Gasteiger partial charge in [-0.05, 0) is 50.8 Å². The molecule has 2 aliphatic rings. The van der Waals surface area contributed by atoms with Crippen LogP contribution in [-0.2, 0) is 17.8 Å². The highest BCUT2D eigenvalue weighted by molar-refractivity contribution is 5.96. The maximum atomic E-state index is 13.1. The maximum Gasteiger partial charge on any atom is 0.241 e. The van der Waals surface area contributed by atoms with Crippen LogP contribution in [0.4, 0.5) is 5.69 Å². The summed E-state index contributed by atoms with van der Waals surface area (Å²) in [6.07, 6.45) is 7.65. The molecule has 2 aromatic rings. The molecule has 6 nitrogen and oxygen atoms in total. The van der Waals surface area contributed by atoms with Crippen LogP contribution >= 0.6 is 0 Å². The van der Waals surface area contributed by atoms with Crippen molar-refractivity contribution >= 4 is 11.6 Å². The number of likely N-dealkylation sites (tertiary alicyclic amines) is 1. The van der Waals surface area contributed by atoms with Crippen molar-refractivity contribution in [1.29, 1.82) is 0 Å². The van der Waals surface area contributed by atoms with Gasteiger partial charge in [0.05, 0.1) is 13.1 Å². The topological polar surface area (TPSA) is 54.3 Å². The molecule has 0 saturated carbocycles. The van der Waals surface area contributed by atoms with E-state index in [9.17, 15) is 4.79 Å². The lowest BCUT2D eigenvalue weighted by Gasteiger charge is -2.37. The molecule has 2 atom stereocenters. The second kappa shape index (κ2) is 6.96. The van der Waals surface area contributed by atoms with E-state index in [1.165, 1.54) is 5.56 Å². The van der Waals surface area contributed by atoms with E-state index in [1.807, 2.05) is 15.6 Å². The Kier molecular flexibility index (Phi) is 4.53. The van der Waals surface area contributed by atoms with Crippen LogP contribution in [-0.4, -0.2) is 50.7 Å². The first kappa shape index (κ1) is 16.3. The van der Waals surface area contributed by atoms with Crippen LogP contribution < -0.4 is 4.90 Å². The SMILES string of the molecule is C[C@H]1CCc2ccccc2N1C(=O)CN1CCC[C@H]1Cn1cncn1. The van der Waals surface area contributed by atoms with Crippen molar-refractivity contribution < 1.29 is 4.79 Å². The van der Waals surface area contributed by atoms with Gasteiger partial charge in [0, 0.05) is 17.8 Å². The fourth-order valence-electron chi connectivity index (χ4n) is 4.17. The van der Waals surface area contributed by atoms with E-state index in [-0.39, 0.29) is 11.9 Å². The van der Waals surface area contributed by atoms with Crippen molar-refractivity contribution in [3.63, 3.8) is 0 Å². The minimum atomic E-state index is 0.213. The zero-order valence-electron chi connectivity index (χ0n) is 14.7. The lowest BCUT2D eigenvalue weighted by molar-refractivity contribution is -0.120. The van der Waals surface area contributed by atoms with Crippen LogP contribution in [0.1, 0.15) is 31.7 Å². The van der Waals surface area contributed by atoms with E-state index >= 15 is 0 Å². The van der Waals surface area contributed by atoms with Crippen LogP contribution in [0.25, 0.3) is 0 Å². The Hall–Kier alpha value is -2.21. The Morgan fingerprint density at radius 1 is 1.28 bits per heavy atom. The van der Waals surface area contributed by atoms with E-state index in [2.05, 4.69) is 40.1 Å². The normalized spacial score (nSPS) is 23.6. The van der Waals surface area contributed by atoms with Crippen molar-refractivity contribution in [2.75, 3.05) is 18.0 Å². The van der Waals surface area contributed by atoms with Crippen molar-refractivity contribution in [2.24, 2.45) is 0 Å². The van der Waals surface area contributed by atoms with Gasteiger partial charge in [0.2, 0.25) is 5.91 Å². The second-order valence-electron chi connectivity index (χ2n) is 7.16. The van der Waals surface area contributed by atoms with Gasteiger partial charge in [0.25, 0.3) is 0 Å². The summed E-state index contributed by atoms with van der Waals surface area (Å²) in [4.78, 5) is 21.5. The molecule has 2 aliphatic heterocycles. The molecule has 1 aromatic carbocycles. The lowest BCUT2D eigenvalue weighted by Crippen LogP contribution is -2.48. The first-order valence-electron chi connectivity index (χ1n) is 9.19. The van der Waals surface area contributed by atoms with Gasteiger partial charge in [-0.3, -0.25) is 14.4 Å². The highest BCUT2D eigenvalue weighted by Gasteiger charge is 2.32. The van der Waals surface area contributed by atoms with Crippen molar-refractivity contribution in [3.8, 4) is 0 Å². The van der Waals surface area contributed by atoms with E-state index in [0.29, 0.717) is 12.6 Å². The molecular weight excluding hydrogens is 314 g/mol. The number of carbonyl (C=O) groups excluding carboxylic acids is 1.